The van der Waals surface area contributed by atoms with Gasteiger partial charge in [0, 0.05) is 37.5 Å². The largest absolute Gasteiger partial charge is 0.353 e. The van der Waals surface area contributed by atoms with Crippen LogP contribution in [0.15, 0.2) is 35.6 Å². The Labute approximate surface area is 121 Å². The Morgan fingerprint density at radius 3 is 2.95 bits per heavy atom. The monoisotopic (exact) mass is 287 g/mol. The Morgan fingerprint density at radius 2 is 2.29 bits per heavy atom. The zero-order chi connectivity index (χ0) is 14.7. The SMILES string of the molecule is O=C(Cn1cccn1)NCCn1cnc(C2CC2)cc1=O. The zero-order valence-electron chi connectivity index (χ0n) is 11.6. The van der Waals surface area contributed by atoms with Gasteiger partial charge in [-0.25, -0.2) is 4.98 Å². The quantitative estimate of drug-likeness (QED) is 0.819. The number of aromatic nitrogens is 4. The van der Waals surface area contributed by atoms with Gasteiger partial charge < -0.3 is 5.32 Å². The summed E-state index contributed by atoms with van der Waals surface area (Å²) in [7, 11) is 0. The van der Waals surface area contributed by atoms with E-state index in [0.717, 1.165) is 18.5 Å². The van der Waals surface area contributed by atoms with Gasteiger partial charge in [-0.2, -0.15) is 5.10 Å². The smallest absolute Gasteiger partial charge is 0.253 e. The summed E-state index contributed by atoms with van der Waals surface area (Å²) in [5.41, 5.74) is 0.826. The topological polar surface area (TPSA) is 81.8 Å². The molecule has 0 bridgehead atoms. The van der Waals surface area contributed by atoms with Crippen molar-refractivity contribution in [3.8, 4) is 0 Å². The lowest BCUT2D eigenvalue weighted by Gasteiger charge is -2.08. The number of hydrogen-bond donors (Lipinski definition) is 1. The minimum absolute atomic E-state index is 0.0618. The number of hydrogen-bond acceptors (Lipinski definition) is 4. The first kappa shape index (κ1) is 13.5. The number of nitrogens with one attached hydrogen (secondary N) is 1. The summed E-state index contributed by atoms with van der Waals surface area (Å²) in [5, 5.41) is 6.72. The van der Waals surface area contributed by atoms with Crippen LogP contribution in [0.3, 0.4) is 0 Å². The van der Waals surface area contributed by atoms with Gasteiger partial charge in [0.2, 0.25) is 5.91 Å². The molecule has 1 aliphatic rings. The second kappa shape index (κ2) is 5.90. The molecule has 1 N–H and O–H groups in total. The number of nitrogens with zero attached hydrogens (tertiary/aromatic N) is 4. The van der Waals surface area contributed by atoms with Crippen LogP contribution in [0.5, 0.6) is 0 Å². The van der Waals surface area contributed by atoms with Crippen molar-refractivity contribution in [2.45, 2.75) is 31.8 Å². The Hall–Kier alpha value is -2.44. The first-order chi connectivity index (χ1) is 10.2. The summed E-state index contributed by atoms with van der Waals surface area (Å²) in [6.07, 6.45) is 7.17. The summed E-state index contributed by atoms with van der Waals surface area (Å²) in [6.45, 7) is 0.993. The number of rotatable bonds is 6. The van der Waals surface area contributed by atoms with Crippen molar-refractivity contribution in [1.29, 1.82) is 0 Å². The molecule has 0 aliphatic heterocycles. The summed E-state index contributed by atoms with van der Waals surface area (Å²) >= 11 is 0. The van der Waals surface area contributed by atoms with Crippen LogP contribution in [-0.2, 0) is 17.9 Å². The maximum Gasteiger partial charge on any atom is 0.253 e. The van der Waals surface area contributed by atoms with Gasteiger partial charge in [0.25, 0.3) is 5.56 Å². The van der Waals surface area contributed by atoms with E-state index < -0.39 is 0 Å². The van der Waals surface area contributed by atoms with Gasteiger partial charge in [-0.1, -0.05) is 0 Å². The Balaban J connectivity index is 1.48. The summed E-state index contributed by atoms with van der Waals surface area (Å²) < 4.78 is 3.06. The summed E-state index contributed by atoms with van der Waals surface area (Å²) in [5.74, 6) is 0.343. The summed E-state index contributed by atoms with van der Waals surface area (Å²) in [4.78, 5) is 27.9. The van der Waals surface area contributed by atoms with Gasteiger partial charge >= 0.3 is 0 Å². The maximum absolute atomic E-state index is 11.9. The highest BCUT2D eigenvalue weighted by atomic mass is 16.2. The predicted octanol–water partition coefficient (Wildman–Crippen LogP) is 0.134. The second-order valence-electron chi connectivity index (χ2n) is 5.17. The van der Waals surface area contributed by atoms with Gasteiger partial charge in [-0.3, -0.25) is 18.8 Å². The minimum atomic E-state index is -0.130. The Bertz CT molecular complexity index is 673. The van der Waals surface area contributed by atoms with Crippen LogP contribution in [0.4, 0.5) is 0 Å². The molecular weight excluding hydrogens is 270 g/mol. The fourth-order valence-corrected chi connectivity index (χ4v) is 2.12. The molecule has 1 aliphatic carbocycles. The molecule has 0 spiro atoms. The first-order valence-electron chi connectivity index (χ1n) is 7.03. The third-order valence-electron chi connectivity index (χ3n) is 3.44. The van der Waals surface area contributed by atoms with E-state index in [-0.39, 0.29) is 18.0 Å². The molecule has 2 heterocycles. The van der Waals surface area contributed by atoms with E-state index in [1.54, 1.807) is 35.5 Å². The van der Waals surface area contributed by atoms with Crippen molar-refractivity contribution >= 4 is 5.91 Å². The van der Waals surface area contributed by atoms with E-state index in [1.807, 2.05) is 0 Å². The van der Waals surface area contributed by atoms with E-state index in [1.165, 1.54) is 4.57 Å². The Morgan fingerprint density at radius 1 is 1.43 bits per heavy atom. The zero-order valence-corrected chi connectivity index (χ0v) is 11.6. The highest BCUT2D eigenvalue weighted by molar-refractivity contribution is 5.75. The fourth-order valence-electron chi connectivity index (χ4n) is 2.12. The van der Waals surface area contributed by atoms with Crippen molar-refractivity contribution < 1.29 is 4.79 Å². The van der Waals surface area contributed by atoms with Gasteiger partial charge in [0.1, 0.15) is 6.54 Å². The standard InChI is InChI=1S/C14H17N5O2/c20-13(9-19-6-1-4-17-19)15-5-7-18-10-16-12(8-14(18)21)11-2-3-11/h1,4,6,8,10-11H,2-3,5,7,9H2,(H,15,20). The van der Waals surface area contributed by atoms with E-state index in [9.17, 15) is 9.59 Å². The third kappa shape index (κ3) is 3.56. The van der Waals surface area contributed by atoms with Gasteiger partial charge in [-0.15, -0.1) is 0 Å². The van der Waals surface area contributed by atoms with E-state index in [0.29, 0.717) is 19.0 Å². The van der Waals surface area contributed by atoms with Crippen LogP contribution in [0.25, 0.3) is 0 Å². The van der Waals surface area contributed by atoms with Crippen LogP contribution in [0.1, 0.15) is 24.5 Å². The van der Waals surface area contributed by atoms with Gasteiger partial charge in [0.15, 0.2) is 0 Å². The van der Waals surface area contributed by atoms with Crippen molar-refractivity contribution in [1.82, 2.24) is 24.6 Å². The predicted molar refractivity (Wildman–Crippen MR) is 75.7 cm³/mol. The number of amides is 1. The molecule has 7 heteroatoms. The molecule has 7 nitrogen and oxygen atoms in total. The normalized spacial score (nSPS) is 14.1. The average molecular weight is 287 g/mol. The van der Waals surface area contributed by atoms with Crippen molar-refractivity contribution in [3.05, 3.63) is 46.9 Å². The van der Waals surface area contributed by atoms with Crippen LogP contribution in [-0.4, -0.2) is 31.8 Å². The van der Waals surface area contributed by atoms with Gasteiger partial charge in [-0.05, 0) is 18.9 Å². The lowest BCUT2D eigenvalue weighted by Crippen LogP contribution is -2.33. The van der Waals surface area contributed by atoms with Crippen LogP contribution < -0.4 is 10.9 Å². The molecular formula is C14H17N5O2. The molecule has 21 heavy (non-hydrogen) atoms. The lowest BCUT2D eigenvalue weighted by molar-refractivity contribution is -0.121. The number of carbonyl (C=O) groups excluding carboxylic acids is 1. The van der Waals surface area contributed by atoms with Gasteiger partial charge in [0.05, 0.1) is 12.0 Å². The highest BCUT2D eigenvalue weighted by Crippen LogP contribution is 2.38. The fraction of sp³-hybridized carbons (Fsp3) is 0.429. The van der Waals surface area contributed by atoms with E-state index >= 15 is 0 Å². The van der Waals surface area contributed by atoms with Crippen molar-refractivity contribution in [2.75, 3.05) is 6.54 Å². The molecule has 1 fully saturated rings. The molecule has 2 aromatic heterocycles. The van der Waals surface area contributed by atoms with Crippen molar-refractivity contribution in [3.63, 3.8) is 0 Å². The maximum atomic E-state index is 11.9. The lowest BCUT2D eigenvalue weighted by atomic mass is 10.3. The molecule has 0 aromatic carbocycles. The molecule has 2 aromatic rings. The van der Waals surface area contributed by atoms with E-state index in [4.69, 9.17) is 0 Å². The molecule has 1 saturated carbocycles. The first-order valence-corrected chi connectivity index (χ1v) is 7.03. The van der Waals surface area contributed by atoms with Crippen molar-refractivity contribution in [2.24, 2.45) is 0 Å². The van der Waals surface area contributed by atoms with Crippen LogP contribution in [0, 0.1) is 0 Å². The van der Waals surface area contributed by atoms with Crippen LogP contribution in [0.2, 0.25) is 0 Å². The minimum Gasteiger partial charge on any atom is -0.353 e. The Kier molecular flexibility index (Phi) is 3.81. The highest BCUT2D eigenvalue weighted by Gasteiger charge is 2.25. The molecule has 110 valence electrons. The second-order valence-corrected chi connectivity index (χ2v) is 5.17. The number of carbonyl (C=O) groups is 1. The molecule has 0 unspecified atom stereocenters. The molecule has 0 saturated heterocycles. The molecule has 1 amide bonds. The van der Waals surface area contributed by atoms with E-state index in [2.05, 4.69) is 15.4 Å². The summed E-state index contributed by atoms with van der Waals surface area (Å²) in [6, 6.07) is 3.36. The third-order valence-corrected chi connectivity index (χ3v) is 3.44. The average Bonchev–Trinajstić information content (AvgIpc) is 3.19. The molecule has 3 rings (SSSR count). The van der Waals surface area contributed by atoms with Crippen LogP contribution >= 0.6 is 0 Å². The molecule has 0 atom stereocenters. The molecule has 0 radical (unpaired) electrons.